The number of hydrogen-bond donors (Lipinski definition) is 2. The zero-order valence-corrected chi connectivity index (χ0v) is 11.3. The molecule has 1 amide bonds. The second kappa shape index (κ2) is 4.49. The first kappa shape index (κ1) is 13.7. The first-order valence-corrected chi connectivity index (χ1v) is 5.81. The predicted octanol–water partition coefficient (Wildman–Crippen LogP) is 2.87. The molecule has 1 aromatic carbocycles. The number of amides is 1. The SMILES string of the molecule is CC(C)(C)C(=O)Nc1ccc(C(C)(C)N)cc1. The summed E-state index contributed by atoms with van der Waals surface area (Å²) in [7, 11) is 0. The molecule has 94 valence electrons. The molecular weight excluding hydrogens is 212 g/mol. The number of benzene rings is 1. The Morgan fingerprint density at radius 1 is 1.06 bits per heavy atom. The zero-order chi connectivity index (χ0) is 13.3. The Labute approximate surface area is 103 Å². The van der Waals surface area contributed by atoms with Crippen molar-refractivity contribution in [1.82, 2.24) is 0 Å². The third-order valence-electron chi connectivity index (χ3n) is 2.57. The van der Waals surface area contributed by atoms with Crippen LogP contribution in [0.25, 0.3) is 0 Å². The largest absolute Gasteiger partial charge is 0.326 e. The molecule has 1 rings (SSSR count). The van der Waals surface area contributed by atoms with E-state index in [1.807, 2.05) is 58.9 Å². The van der Waals surface area contributed by atoms with Gasteiger partial charge in [0.25, 0.3) is 0 Å². The smallest absolute Gasteiger partial charge is 0.229 e. The first-order valence-electron chi connectivity index (χ1n) is 5.81. The Morgan fingerprint density at radius 3 is 1.88 bits per heavy atom. The molecule has 3 heteroatoms. The second-order valence-electron chi connectivity index (χ2n) is 6.00. The highest BCUT2D eigenvalue weighted by Gasteiger charge is 2.21. The lowest BCUT2D eigenvalue weighted by Gasteiger charge is -2.21. The topological polar surface area (TPSA) is 55.1 Å². The number of nitrogens with one attached hydrogen (secondary N) is 1. The summed E-state index contributed by atoms with van der Waals surface area (Å²) in [5.41, 5.74) is 7.10. The molecule has 0 aliphatic carbocycles. The van der Waals surface area contributed by atoms with Crippen molar-refractivity contribution in [3.05, 3.63) is 29.8 Å². The lowest BCUT2D eigenvalue weighted by Crippen LogP contribution is -2.29. The van der Waals surface area contributed by atoms with E-state index in [1.54, 1.807) is 0 Å². The van der Waals surface area contributed by atoms with E-state index >= 15 is 0 Å². The lowest BCUT2D eigenvalue weighted by molar-refractivity contribution is -0.123. The van der Waals surface area contributed by atoms with Gasteiger partial charge < -0.3 is 11.1 Å². The molecule has 0 atom stereocenters. The summed E-state index contributed by atoms with van der Waals surface area (Å²) in [6, 6.07) is 7.65. The normalized spacial score (nSPS) is 12.4. The monoisotopic (exact) mass is 234 g/mol. The summed E-state index contributed by atoms with van der Waals surface area (Å²) in [5, 5.41) is 2.88. The molecule has 0 spiro atoms. The van der Waals surface area contributed by atoms with E-state index < -0.39 is 0 Å². The van der Waals surface area contributed by atoms with Crippen LogP contribution in [0.2, 0.25) is 0 Å². The van der Waals surface area contributed by atoms with Crippen LogP contribution < -0.4 is 11.1 Å². The van der Waals surface area contributed by atoms with Gasteiger partial charge >= 0.3 is 0 Å². The van der Waals surface area contributed by atoms with E-state index in [4.69, 9.17) is 5.73 Å². The predicted molar refractivity (Wildman–Crippen MR) is 71.7 cm³/mol. The summed E-state index contributed by atoms with van der Waals surface area (Å²) >= 11 is 0. The van der Waals surface area contributed by atoms with Crippen molar-refractivity contribution in [2.75, 3.05) is 5.32 Å². The first-order chi connectivity index (χ1) is 7.60. The van der Waals surface area contributed by atoms with Gasteiger partial charge in [-0.3, -0.25) is 4.79 Å². The lowest BCUT2D eigenvalue weighted by atomic mass is 9.94. The van der Waals surface area contributed by atoms with Gasteiger partial charge in [0.15, 0.2) is 0 Å². The van der Waals surface area contributed by atoms with Gasteiger partial charge in [-0.15, -0.1) is 0 Å². The van der Waals surface area contributed by atoms with E-state index in [1.165, 1.54) is 0 Å². The van der Waals surface area contributed by atoms with E-state index in [9.17, 15) is 4.79 Å². The quantitative estimate of drug-likeness (QED) is 0.826. The molecule has 1 aromatic rings. The molecule has 0 heterocycles. The number of rotatable bonds is 2. The molecule has 0 saturated carbocycles. The van der Waals surface area contributed by atoms with E-state index in [0.29, 0.717) is 0 Å². The minimum atomic E-state index is -0.383. The summed E-state index contributed by atoms with van der Waals surface area (Å²) in [5.74, 6) is 0.0114. The van der Waals surface area contributed by atoms with Gasteiger partial charge in [0.2, 0.25) is 5.91 Å². The van der Waals surface area contributed by atoms with Gasteiger partial charge in [-0.05, 0) is 31.5 Å². The molecule has 0 unspecified atom stereocenters. The zero-order valence-electron chi connectivity index (χ0n) is 11.3. The number of nitrogens with two attached hydrogens (primary N) is 1. The van der Waals surface area contributed by atoms with Gasteiger partial charge in [0.1, 0.15) is 0 Å². The highest BCUT2D eigenvalue weighted by molar-refractivity contribution is 5.94. The van der Waals surface area contributed by atoms with Crippen LogP contribution in [0.4, 0.5) is 5.69 Å². The maximum atomic E-state index is 11.8. The van der Waals surface area contributed by atoms with Crippen molar-refractivity contribution in [2.24, 2.45) is 11.1 Å². The Hall–Kier alpha value is -1.35. The van der Waals surface area contributed by atoms with Crippen molar-refractivity contribution in [3.63, 3.8) is 0 Å². The number of carbonyl (C=O) groups is 1. The fourth-order valence-corrected chi connectivity index (χ4v) is 1.30. The molecule has 0 aliphatic heterocycles. The Balaban J connectivity index is 2.80. The number of anilines is 1. The van der Waals surface area contributed by atoms with Crippen LogP contribution in [-0.4, -0.2) is 5.91 Å². The third kappa shape index (κ3) is 3.86. The Bertz CT molecular complexity index is 394. The highest BCUT2D eigenvalue weighted by atomic mass is 16.2. The second-order valence-corrected chi connectivity index (χ2v) is 6.00. The molecule has 0 radical (unpaired) electrons. The molecule has 0 fully saturated rings. The van der Waals surface area contributed by atoms with Crippen molar-refractivity contribution in [1.29, 1.82) is 0 Å². The Kier molecular flexibility index (Phi) is 3.62. The van der Waals surface area contributed by atoms with Crippen LogP contribution in [0.3, 0.4) is 0 Å². The van der Waals surface area contributed by atoms with Crippen molar-refractivity contribution >= 4 is 11.6 Å². The van der Waals surface area contributed by atoms with Crippen LogP contribution in [0.5, 0.6) is 0 Å². The number of hydrogen-bond acceptors (Lipinski definition) is 2. The van der Waals surface area contributed by atoms with E-state index in [0.717, 1.165) is 11.3 Å². The minimum Gasteiger partial charge on any atom is -0.326 e. The standard InChI is InChI=1S/C14H22N2O/c1-13(2,3)12(17)16-11-8-6-10(7-9-11)14(4,5)15/h6-9H,15H2,1-5H3,(H,16,17). The molecule has 0 saturated heterocycles. The average molecular weight is 234 g/mol. The fraction of sp³-hybridized carbons (Fsp3) is 0.500. The van der Waals surface area contributed by atoms with Crippen LogP contribution in [-0.2, 0) is 10.3 Å². The van der Waals surface area contributed by atoms with Gasteiger partial charge in [-0.25, -0.2) is 0 Å². The molecule has 17 heavy (non-hydrogen) atoms. The highest BCUT2D eigenvalue weighted by Crippen LogP contribution is 2.21. The van der Waals surface area contributed by atoms with Crippen molar-refractivity contribution in [2.45, 2.75) is 40.2 Å². The van der Waals surface area contributed by atoms with Crippen molar-refractivity contribution in [3.8, 4) is 0 Å². The van der Waals surface area contributed by atoms with Gasteiger partial charge in [-0.1, -0.05) is 32.9 Å². The van der Waals surface area contributed by atoms with Crippen LogP contribution in [0.1, 0.15) is 40.2 Å². The fourth-order valence-electron chi connectivity index (χ4n) is 1.30. The minimum absolute atomic E-state index is 0.0114. The number of carbonyl (C=O) groups excluding carboxylic acids is 1. The van der Waals surface area contributed by atoms with Crippen LogP contribution in [0.15, 0.2) is 24.3 Å². The molecule has 0 bridgehead atoms. The third-order valence-corrected chi connectivity index (χ3v) is 2.57. The van der Waals surface area contributed by atoms with Crippen LogP contribution in [0, 0.1) is 5.41 Å². The van der Waals surface area contributed by atoms with Crippen molar-refractivity contribution < 1.29 is 4.79 Å². The maximum absolute atomic E-state index is 11.8. The Morgan fingerprint density at radius 2 is 1.53 bits per heavy atom. The average Bonchev–Trinajstić information content (AvgIpc) is 2.15. The molecule has 3 N–H and O–H groups in total. The summed E-state index contributed by atoms with van der Waals surface area (Å²) in [4.78, 5) is 11.8. The summed E-state index contributed by atoms with van der Waals surface area (Å²) in [6.45, 7) is 9.57. The molecule has 0 aromatic heterocycles. The van der Waals surface area contributed by atoms with Gasteiger partial charge in [-0.2, -0.15) is 0 Å². The van der Waals surface area contributed by atoms with Gasteiger partial charge in [0.05, 0.1) is 0 Å². The molecule has 3 nitrogen and oxygen atoms in total. The van der Waals surface area contributed by atoms with E-state index in [-0.39, 0.29) is 16.9 Å². The van der Waals surface area contributed by atoms with Gasteiger partial charge in [0, 0.05) is 16.6 Å². The van der Waals surface area contributed by atoms with E-state index in [2.05, 4.69) is 5.32 Å². The molecule has 0 aliphatic rings. The molecular formula is C14H22N2O. The summed E-state index contributed by atoms with van der Waals surface area (Å²) < 4.78 is 0. The van der Waals surface area contributed by atoms with Crippen LogP contribution >= 0.6 is 0 Å². The summed E-state index contributed by atoms with van der Waals surface area (Å²) in [6.07, 6.45) is 0. The maximum Gasteiger partial charge on any atom is 0.229 e.